The van der Waals surface area contributed by atoms with Crippen molar-refractivity contribution in [3.8, 4) is 0 Å². The SMILES string of the molecule is CCCCCCCCCC[C@@H](CO)OCc1ccccc1. The summed E-state index contributed by atoms with van der Waals surface area (Å²) in [6.07, 6.45) is 11.5. The number of hydrogen-bond donors (Lipinski definition) is 1. The Morgan fingerprint density at radius 3 is 2.14 bits per heavy atom. The van der Waals surface area contributed by atoms with Crippen LogP contribution in [0, 0.1) is 0 Å². The molecule has 0 aliphatic rings. The average molecular weight is 292 g/mol. The third-order valence-electron chi connectivity index (χ3n) is 3.91. The van der Waals surface area contributed by atoms with Crippen molar-refractivity contribution in [2.75, 3.05) is 6.61 Å². The van der Waals surface area contributed by atoms with Crippen LogP contribution in [-0.4, -0.2) is 17.8 Å². The molecule has 0 heterocycles. The van der Waals surface area contributed by atoms with Crippen LogP contribution in [0.25, 0.3) is 0 Å². The summed E-state index contributed by atoms with van der Waals surface area (Å²) in [4.78, 5) is 0. The lowest BCUT2D eigenvalue weighted by Crippen LogP contribution is -2.17. The van der Waals surface area contributed by atoms with Crippen LogP contribution in [0.15, 0.2) is 30.3 Å². The second kappa shape index (κ2) is 12.8. The van der Waals surface area contributed by atoms with E-state index in [0.29, 0.717) is 6.61 Å². The molecule has 0 spiro atoms. The molecule has 0 bridgehead atoms. The predicted molar refractivity (Wildman–Crippen MR) is 89.3 cm³/mol. The van der Waals surface area contributed by atoms with E-state index in [2.05, 4.69) is 19.1 Å². The van der Waals surface area contributed by atoms with Gasteiger partial charge in [0.25, 0.3) is 0 Å². The van der Waals surface area contributed by atoms with Crippen LogP contribution in [0.2, 0.25) is 0 Å². The highest BCUT2D eigenvalue weighted by Gasteiger charge is 2.07. The van der Waals surface area contributed by atoms with Gasteiger partial charge >= 0.3 is 0 Å². The molecule has 0 aromatic heterocycles. The molecule has 1 aromatic carbocycles. The van der Waals surface area contributed by atoms with Crippen LogP contribution >= 0.6 is 0 Å². The molecule has 0 aliphatic carbocycles. The predicted octanol–water partition coefficient (Wildman–Crippen LogP) is 5.09. The lowest BCUT2D eigenvalue weighted by Gasteiger charge is -2.15. The van der Waals surface area contributed by atoms with Gasteiger partial charge in [-0.25, -0.2) is 0 Å². The van der Waals surface area contributed by atoms with Crippen molar-refractivity contribution >= 4 is 0 Å². The van der Waals surface area contributed by atoms with Gasteiger partial charge in [-0.2, -0.15) is 0 Å². The fraction of sp³-hybridized carbons (Fsp3) is 0.684. The van der Waals surface area contributed by atoms with Crippen molar-refractivity contribution in [3.05, 3.63) is 35.9 Å². The molecule has 21 heavy (non-hydrogen) atoms. The maximum Gasteiger partial charge on any atom is 0.0810 e. The standard InChI is InChI=1S/C19H32O2/c1-2-3-4-5-6-7-8-12-15-19(16-20)21-17-18-13-10-9-11-14-18/h9-11,13-14,19-20H,2-8,12,15-17H2,1H3/t19-/m0/s1. The Balaban J connectivity index is 2.01. The summed E-state index contributed by atoms with van der Waals surface area (Å²) in [7, 11) is 0. The molecule has 0 saturated carbocycles. The molecule has 0 amide bonds. The lowest BCUT2D eigenvalue weighted by atomic mass is 10.1. The van der Waals surface area contributed by atoms with E-state index < -0.39 is 0 Å². The van der Waals surface area contributed by atoms with Gasteiger partial charge in [0, 0.05) is 0 Å². The van der Waals surface area contributed by atoms with Crippen molar-refractivity contribution < 1.29 is 9.84 Å². The Hall–Kier alpha value is -0.860. The van der Waals surface area contributed by atoms with Gasteiger partial charge in [-0.1, -0.05) is 88.6 Å². The highest BCUT2D eigenvalue weighted by atomic mass is 16.5. The molecule has 1 rings (SSSR count). The van der Waals surface area contributed by atoms with Crippen LogP contribution in [-0.2, 0) is 11.3 Å². The number of hydrogen-bond acceptors (Lipinski definition) is 2. The van der Waals surface area contributed by atoms with Crippen molar-refractivity contribution in [1.29, 1.82) is 0 Å². The molecule has 0 fully saturated rings. The van der Waals surface area contributed by atoms with E-state index in [-0.39, 0.29) is 12.7 Å². The maximum atomic E-state index is 9.38. The number of rotatable bonds is 13. The summed E-state index contributed by atoms with van der Waals surface area (Å²) in [5.41, 5.74) is 1.17. The number of aliphatic hydroxyl groups excluding tert-OH is 1. The van der Waals surface area contributed by atoms with E-state index in [0.717, 1.165) is 12.8 Å². The van der Waals surface area contributed by atoms with Crippen molar-refractivity contribution in [3.63, 3.8) is 0 Å². The van der Waals surface area contributed by atoms with Gasteiger partial charge in [-0.05, 0) is 12.0 Å². The summed E-state index contributed by atoms with van der Waals surface area (Å²) in [6, 6.07) is 10.2. The third-order valence-corrected chi connectivity index (χ3v) is 3.91. The first kappa shape index (κ1) is 18.2. The summed E-state index contributed by atoms with van der Waals surface area (Å²) >= 11 is 0. The first-order chi connectivity index (χ1) is 10.4. The van der Waals surface area contributed by atoms with E-state index in [1.54, 1.807) is 0 Å². The number of benzene rings is 1. The van der Waals surface area contributed by atoms with Gasteiger partial charge in [0.15, 0.2) is 0 Å². The van der Waals surface area contributed by atoms with E-state index >= 15 is 0 Å². The quantitative estimate of drug-likeness (QED) is 0.513. The second-order valence-corrected chi connectivity index (χ2v) is 5.86. The van der Waals surface area contributed by atoms with E-state index in [9.17, 15) is 5.11 Å². The molecule has 120 valence electrons. The Bertz CT molecular complexity index is 324. The van der Waals surface area contributed by atoms with Crippen molar-refractivity contribution in [1.82, 2.24) is 0 Å². The Labute approximate surface area is 130 Å². The summed E-state index contributed by atoms with van der Waals surface area (Å²) < 4.78 is 5.79. The molecule has 1 aromatic rings. The molecule has 0 unspecified atom stereocenters. The van der Waals surface area contributed by atoms with Gasteiger partial charge in [-0.15, -0.1) is 0 Å². The van der Waals surface area contributed by atoms with Gasteiger partial charge in [0.1, 0.15) is 0 Å². The zero-order valence-corrected chi connectivity index (χ0v) is 13.6. The summed E-state index contributed by atoms with van der Waals surface area (Å²) in [5, 5.41) is 9.38. The van der Waals surface area contributed by atoms with Crippen LogP contribution < -0.4 is 0 Å². The van der Waals surface area contributed by atoms with Crippen LogP contribution in [0.1, 0.15) is 70.3 Å². The monoisotopic (exact) mass is 292 g/mol. The fourth-order valence-electron chi connectivity index (χ4n) is 2.52. The largest absolute Gasteiger partial charge is 0.394 e. The second-order valence-electron chi connectivity index (χ2n) is 5.86. The van der Waals surface area contributed by atoms with Crippen LogP contribution in [0.5, 0.6) is 0 Å². The minimum atomic E-state index is -0.00898. The summed E-state index contributed by atoms with van der Waals surface area (Å²) in [6.45, 7) is 2.98. The zero-order valence-electron chi connectivity index (χ0n) is 13.6. The van der Waals surface area contributed by atoms with Gasteiger partial charge < -0.3 is 9.84 Å². The minimum absolute atomic E-state index is 0.00898. The van der Waals surface area contributed by atoms with E-state index in [1.165, 1.54) is 50.5 Å². The highest BCUT2D eigenvalue weighted by molar-refractivity contribution is 5.13. The molecule has 1 N–H and O–H groups in total. The smallest absolute Gasteiger partial charge is 0.0810 e. The van der Waals surface area contributed by atoms with Gasteiger partial charge in [-0.3, -0.25) is 0 Å². The molecule has 0 aliphatic heterocycles. The third kappa shape index (κ3) is 9.65. The van der Waals surface area contributed by atoms with E-state index in [4.69, 9.17) is 4.74 Å². The molecule has 2 nitrogen and oxygen atoms in total. The average Bonchev–Trinajstić information content (AvgIpc) is 2.54. The van der Waals surface area contributed by atoms with Crippen LogP contribution in [0.3, 0.4) is 0 Å². The molecule has 0 saturated heterocycles. The first-order valence-electron chi connectivity index (χ1n) is 8.63. The summed E-state index contributed by atoms with van der Waals surface area (Å²) in [5.74, 6) is 0. The molecule has 0 radical (unpaired) electrons. The molecular weight excluding hydrogens is 260 g/mol. The normalized spacial score (nSPS) is 12.5. The van der Waals surface area contributed by atoms with Crippen molar-refractivity contribution in [2.24, 2.45) is 0 Å². The van der Waals surface area contributed by atoms with Gasteiger partial charge in [0.05, 0.1) is 19.3 Å². The topological polar surface area (TPSA) is 29.5 Å². The maximum absolute atomic E-state index is 9.38. The number of unbranched alkanes of at least 4 members (excludes halogenated alkanes) is 7. The Morgan fingerprint density at radius 2 is 1.52 bits per heavy atom. The molecule has 2 heteroatoms. The van der Waals surface area contributed by atoms with Crippen molar-refractivity contribution in [2.45, 2.75) is 77.4 Å². The Kier molecular flexibility index (Phi) is 11.1. The zero-order chi connectivity index (χ0) is 15.2. The molecular formula is C19H32O2. The van der Waals surface area contributed by atoms with Crippen LogP contribution in [0.4, 0.5) is 0 Å². The minimum Gasteiger partial charge on any atom is -0.394 e. The fourth-order valence-corrected chi connectivity index (χ4v) is 2.52. The highest BCUT2D eigenvalue weighted by Crippen LogP contribution is 2.13. The number of ether oxygens (including phenoxy) is 1. The lowest BCUT2D eigenvalue weighted by molar-refractivity contribution is -0.00348. The Morgan fingerprint density at radius 1 is 0.905 bits per heavy atom. The molecule has 1 atom stereocenters. The van der Waals surface area contributed by atoms with Gasteiger partial charge in [0.2, 0.25) is 0 Å². The first-order valence-corrected chi connectivity index (χ1v) is 8.63. The van der Waals surface area contributed by atoms with E-state index in [1.807, 2.05) is 18.2 Å². The number of aliphatic hydroxyl groups is 1.